The van der Waals surface area contributed by atoms with E-state index >= 15 is 0 Å². The molecule has 2 aliphatic rings. The first-order chi connectivity index (χ1) is 10.3. The number of ketones is 1. The number of Topliss-reactive ketones (excluding diaryl/α,β-unsaturated/α-hetero) is 1. The van der Waals surface area contributed by atoms with E-state index in [-0.39, 0.29) is 5.92 Å². The molecule has 1 aromatic rings. The van der Waals surface area contributed by atoms with E-state index < -0.39 is 0 Å². The molecule has 2 fully saturated rings. The quantitative estimate of drug-likeness (QED) is 0.839. The average molecular weight is 288 g/mol. The number of piperazine rings is 1. The van der Waals surface area contributed by atoms with Crippen LogP contribution in [-0.2, 0) is 16.1 Å². The van der Waals surface area contributed by atoms with E-state index in [9.17, 15) is 4.79 Å². The van der Waals surface area contributed by atoms with Gasteiger partial charge in [0.05, 0.1) is 19.1 Å². The van der Waals surface area contributed by atoms with E-state index in [4.69, 9.17) is 4.74 Å². The van der Waals surface area contributed by atoms with Crippen LogP contribution in [0.5, 0.6) is 0 Å². The minimum absolute atomic E-state index is 0.0967. The molecule has 0 bridgehead atoms. The maximum atomic E-state index is 11.9. The number of hydrogen-bond donors (Lipinski definition) is 0. The molecule has 2 saturated heterocycles. The SMILES string of the molecule is O=C1CCOCC1CN1CCN(Cc2ccccc2)CC1. The van der Waals surface area contributed by atoms with E-state index in [1.165, 1.54) is 5.56 Å². The van der Waals surface area contributed by atoms with Crippen molar-refractivity contribution < 1.29 is 9.53 Å². The van der Waals surface area contributed by atoms with Gasteiger partial charge in [0.25, 0.3) is 0 Å². The summed E-state index contributed by atoms with van der Waals surface area (Å²) < 4.78 is 5.44. The summed E-state index contributed by atoms with van der Waals surface area (Å²) in [7, 11) is 0. The molecule has 3 rings (SSSR count). The van der Waals surface area contributed by atoms with Crippen molar-refractivity contribution in [2.45, 2.75) is 13.0 Å². The van der Waals surface area contributed by atoms with Crippen LogP contribution >= 0.6 is 0 Å². The molecule has 2 aliphatic heterocycles. The molecule has 1 unspecified atom stereocenters. The lowest BCUT2D eigenvalue weighted by Gasteiger charge is -2.36. The van der Waals surface area contributed by atoms with Crippen LogP contribution < -0.4 is 0 Å². The summed E-state index contributed by atoms with van der Waals surface area (Å²) in [6, 6.07) is 10.6. The monoisotopic (exact) mass is 288 g/mol. The van der Waals surface area contributed by atoms with Crippen molar-refractivity contribution in [2.75, 3.05) is 45.9 Å². The third-order valence-corrected chi connectivity index (χ3v) is 4.46. The molecule has 0 aliphatic carbocycles. The Labute approximate surface area is 126 Å². The molecule has 0 saturated carbocycles. The van der Waals surface area contributed by atoms with E-state index in [2.05, 4.69) is 40.1 Å². The molecule has 2 heterocycles. The highest BCUT2D eigenvalue weighted by Gasteiger charge is 2.26. The normalized spacial score (nSPS) is 25.1. The first kappa shape index (κ1) is 14.7. The fourth-order valence-electron chi connectivity index (χ4n) is 3.13. The minimum atomic E-state index is 0.0967. The lowest BCUT2D eigenvalue weighted by molar-refractivity contribution is -0.131. The summed E-state index contributed by atoms with van der Waals surface area (Å²) in [6.07, 6.45) is 0.596. The Morgan fingerprint density at radius 3 is 2.48 bits per heavy atom. The Kier molecular flexibility index (Phi) is 5.01. The third-order valence-electron chi connectivity index (χ3n) is 4.46. The minimum Gasteiger partial charge on any atom is -0.380 e. The van der Waals surface area contributed by atoms with Gasteiger partial charge in [-0.2, -0.15) is 0 Å². The number of ether oxygens (including phenoxy) is 1. The van der Waals surface area contributed by atoms with Crippen molar-refractivity contribution in [3.63, 3.8) is 0 Å². The molecule has 4 nitrogen and oxygen atoms in total. The van der Waals surface area contributed by atoms with E-state index in [0.717, 1.165) is 39.3 Å². The standard InChI is InChI=1S/C17H24N2O2/c20-17-6-11-21-14-16(17)13-19-9-7-18(8-10-19)12-15-4-2-1-3-5-15/h1-5,16H,6-14H2. The molecule has 0 N–H and O–H groups in total. The first-order valence-electron chi connectivity index (χ1n) is 7.90. The van der Waals surface area contributed by atoms with Crippen molar-refractivity contribution in [3.8, 4) is 0 Å². The Morgan fingerprint density at radius 1 is 1.05 bits per heavy atom. The summed E-state index contributed by atoms with van der Waals surface area (Å²) in [5.74, 6) is 0.479. The van der Waals surface area contributed by atoms with Gasteiger partial charge in [-0.05, 0) is 5.56 Å². The highest BCUT2D eigenvalue weighted by molar-refractivity contribution is 5.82. The van der Waals surface area contributed by atoms with E-state index in [0.29, 0.717) is 25.4 Å². The van der Waals surface area contributed by atoms with E-state index in [1.807, 2.05) is 0 Å². The molecule has 1 atom stereocenters. The van der Waals surface area contributed by atoms with Gasteiger partial charge in [0.2, 0.25) is 0 Å². The van der Waals surface area contributed by atoms with Gasteiger partial charge in [0, 0.05) is 45.7 Å². The second-order valence-corrected chi connectivity index (χ2v) is 6.05. The van der Waals surface area contributed by atoms with Crippen LogP contribution in [0, 0.1) is 5.92 Å². The molecule has 0 aromatic heterocycles. The number of hydrogen-bond acceptors (Lipinski definition) is 4. The number of nitrogens with zero attached hydrogens (tertiary/aromatic N) is 2. The molecule has 4 heteroatoms. The summed E-state index contributed by atoms with van der Waals surface area (Å²) in [5, 5.41) is 0. The second kappa shape index (κ2) is 7.16. The molecule has 0 spiro atoms. The molecular weight excluding hydrogens is 264 g/mol. The van der Waals surface area contributed by atoms with Crippen molar-refractivity contribution in [3.05, 3.63) is 35.9 Å². The zero-order valence-corrected chi connectivity index (χ0v) is 12.5. The predicted molar refractivity (Wildman–Crippen MR) is 82.1 cm³/mol. The molecule has 21 heavy (non-hydrogen) atoms. The number of benzene rings is 1. The van der Waals surface area contributed by atoms with Crippen molar-refractivity contribution >= 4 is 5.78 Å². The number of carbonyl (C=O) groups is 1. The van der Waals surface area contributed by atoms with Gasteiger partial charge in [-0.1, -0.05) is 30.3 Å². The molecular formula is C17H24N2O2. The van der Waals surface area contributed by atoms with Crippen LogP contribution in [0.2, 0.25) is 0 Å². The number of rotatable bonds is 4. The Morgan fingerprint density at radius 2 is 1.76 bits per heavy atom. The molecule has 114 valence electrons. The van der Waals surface area contributed by atoms with Crippen LogP contribution in [-0.4, -0.2) is 61.5 Å². The average Bonchev–Trinajstić information content (AvgIpc) is 2.52. The van der Waals surface area contributed by atoms with Gasteiger partial charge >= 0.3 is 0 Å². The molecule has 0 amide bonds. The zero-order valence-electron chi connectivity index (χ0n) is 12.5. The predicted octanol–water partition coefficient (Wildman–Crippen LogP) is 1.41. The van der Waals surface area contributed by atoms with Crippen molar-refractivity contribution in [2.24, 2.45) is 5.92 Å². The number of carbonyl (C=O) groups excluding carboxylic acids is 1. The van der Waals surface area contributed by atoms with Gasteiger partial charge in [-0.15, -0.1) is 0 Å². The van der Waals surface area contributed by atoms with Crippen LogP contribution in [0.15, 0.2) is 30.3 Å². The van der Waals surface area contributed by atoms with E-state index in [1.54, 1.807) is 0 Å². The van der Waals surface area contributed by atoms with Crippen LogP contribution in [0.25, 0.3) is 0 Å². The van der Waals surface area contributed by atoms with Crippen LogP contribution in [0.4, 0.5) is 0 Å². The fourth-order valence-corrected chi connectivity index (χ4v) is 3.13. The third kappa shape index (κ3) is 4.13. The van der Waals surface area contributed by atoms with Crippen LogP contribution in [0.1, 0.15) is 12.0 Å². The van der Waals surface area contributed by atoms with Crippen molar-refractivity contribution in [1.29, 1.82) is 0 Å². The fraction of sp³-hybridized carbons (Fsp3) is 0.588. The summed E-state index contributed by atoms with van der Waals surface area (Å²) >= 11 is 0. The Hall–Kier alpha value is -1.23. The maximum absolute atomic E-state index is 11.9. The zero-order chi connectivity index (χ0) is 14.5. The van der Waals surface area contributed by atoms with Gasteiger partial charge in [0.15, 0.2) is 0 Å². The Bertz CT molecular complexity index is 455. The summed E-state index contributed by atoms with van der Waals surface area (Å²) in [4.78, 5) is 16.8. The summed E-state index contributed by atoms with van der Waals surface area (Å²) in [6.45, 7) is 7.39. The van der Waals surface area contributed by atoms with Gasteiger partial charge in [-0.3, -0.25) is 14.6 Å². The second-order valence-electron chi connectivity index (χ2n) is 6.05. The van der Waals surface area contributed by atoms with Crippen LogP contribution in [0.3, 0.4) is 0 Å². The lowest BCUT2D eigenvalue weighted by Crippen LogP contribution is -2.49. The molecule has 1 aromatic carbocycles. The first-order valence-corrected chi connectivity index (χ1v) is 7.90. The highest BCUT2D eigenvalue weighted by atomic mass is 16.5. The lowest BCUT2D eigenvalue weighted by atomic mass is 9.99. The van der Waals surface area contributed by atoms with Crippen molar-refractivity contribution in [1.82, 2.24) is 9.80 Å². The van der Waals surface area contributed by atoms with Gasteiger partial charge < -0.3 is 4.74 Å². The smallest absolute Gasteiger partial charge is 0.141 e. The molecule has 0 radical (unpaired) electrons. The van der Waals surface area contributed by atoms with Gasteiger partial charge in [0.1, 0.15) is 5.78 Å². The largest absolute Gasteiger partial charge is 0.380 e. The summed E-state index contributed by atoms with van der Waals surface area (Å²) in [5.41, 5.74) is 1.38. The highest BCUT2D eigenvalue weighted by Crippen LogP contribution is 2.14. The Balaban J connectivity index is 1.43. The topological polar surface area (TPSA) is 32.8 Å². The van der Waals surface area contributed by atoms with Gasteiger partial charge in [-0.25, -0.2) is 0 Å². The maximum Gasteiger partial charge on any atom is 0.141 e.